The van der Waals surface area contributed by atoms with E-state index in [1.54, 1.807) is 7.11 Å². The number of rotatable bonds is 7. The van der Waals surface area contributed by atoms with Crippen molar-refractivity contribution in [3.63, 3.8) is 0 Å². The fourth-order valence-corrected chi connectivity index (χ4v) is 2.94. The fraction of sp³-hybridized carbons (Fsp3) is 0.316. The van der Waals surface area contributed by atoms with Crippen LogP contribution in [0.2, 0.25) is 0 Å². The first-order chi connectivity index (χ1) is 11.3. The predicted molar refractivity (Wildman–Crippen MR) is 93.6 cm³/mol. The molecule has 120 valence electrons. The van der Waals surface area contributed by atoms with Crippen molar-refractivity contribution in [3.8, 4) is 5.75 Å². The van der Waals surface area contributed by atoms with Crippen LogP contribution in [-0.2, 0) is 13.1 Å². The topological polar surface area (TPSA) is 39.1 Å². The van der Waals surface area contributed by atoms with Crippen LogP contribution in [0, 0.1) is 5.92 Å². The van der Waals surface area contributed by atoms with E-state index >= 15 is 0 Å². The van der Waals surface area contributed by atoms with Gasteiger partial charge in [0.1, 0.15) is 5.75 Å². The molecule has 0 fully saturated rings. The van der Waals surface area contributed by atoms with Gasteiger partial charge in [0.25, 0.3) is 0 Å². The highest BCUT2D eigenvalue weighted by molar-refractivity contribution is 5.91. The van der Waals surface area contributed by atoms with Crippen molar-refractivity contribution < 1.29 is 4.74 Å². The van der Waals surface area contributed by atoms with Crippen LogP contribution < -0.4 is 10.1 Å². The zero-order valence-corrected chi connectivity index (χ0v) is 13.7. The number of hydrogen-bond acceptors (Lipinski definition) is 3. The molecule has 23 heavy (non-hydrogen) atoms. The summed E-state index contributed by atoms with van der Waals surface area (Å²) in [5.41, 5.74) is 1.30. The van der Waals surface area contributed by atoms with Crippen molar-refractivity contribution in [1.29, 1.82) is 0 Å². The van der Waals surface area contributed by atoms with Crippen molar-refractivity contribution in [2.75, 3.05) is 13.7 Å². The summed E-state index contributed by atoms with van der Waals surface area (Å²) in [5.74, 6) is 1.48. The summed E-state index contributed by atoms with van der Waals surface area (Å²) < 4.78 is 7.57. The molecule has 0 aliphatic heterocycles. The van der Waals surface area contributed by atoms with Gasteiger partial charge in [0, 0.05) is 30.9 Å². The minimum Gasteiger partial charge on any atom is -0.496 e. The van der Waals surface area contributed by atoms with Gasteiger partial charge >= 0.3 is 0 Å². The summed E-state index contributed by atoms with van der Waals surface area (Å²) >= 11 is 0. The first-order valence-electron chi connectivity index (χ1n) is 7.99. The summed E-state index contributed by atoms with van der Waals surface area (Å²) in [6.07, 6.45) is 5.70. The molecule has 0 radical (unpaired) electrons. The second-order valence-electron chi connectivity index (χ2n) is 5.97. The van der Waals surface area contributed by atoms with E-state index in [4.69, 9.17) is 4.74 Å². The molecule has 0 saturated heterocycles. The van der Waals surface area contributed by atoms with Gasteiger partial charge in [-0.3, -0.25) is 0 Å². The maximum Gasteiger partial charge on any atom is 0.126 e. The van der Waals surface area contributed by atoms with E-state index < -0.39 is 0 Å². The van der Waals surface area contributed by atoms with Crippen LogP contribution in [0.4, 0.5) is 0 Å². The van der Waals surface area contributed by atoms with E-state index in [1.807, 2.05) is 24.8 Å². The second-order valence-corrected chi connectivity index (χ2v) is 5.97. The number of methoxy groups -OCH3 is 1. The Morgan fingerprint density at radius 1 is 1.17 bits per heavy atom. The number of nitrogens with zero attached hydrogens (tertiary/aromatic N) is 2. The van der Waals surface area contributed by atoms with Gasteiger partial charge in [-0.2, -0.15) is 0 Å². The van der Waals surface area contributed by atoms with Gasteiger partial charge in [-0.25, -0.2) is 4.98 Å². The smallest absolute Gasteiger partial charge is 0.126 e. The van der Waals surface area contributed by atoms with Gasteiger partial charge in [-0.1, -0.05) is 37.3 Å². The van der Waals surface area contributed by atoms with Gasteiger partial charge in [0.2, 0.25) is 0 Å². The highest BCUT2D eigenvalue weighted by Gasteiger charge is 2.07. The maximum atomic E-state index is 5.45. The minimum atomic E-state index is 0.550. The monoisotopic (exact) mass is 309 g/mol. The van der Waals surface area contributed by atoms with Crippen LogP contribution in [0.1, 0.15) is 12.5 Å². The Hall–Kier alpha value is -2.33. The summed E-state index contributed by atoms with van der Waals surface area (Å²) in [6, 6.07) is 12.6. The number of hydrogen-bond donors (Lipinski definition) is 1. The Morgan fingerprint density at radius 2 is 2.00 bits per heavy atom. The van der Waals surface area contributed by atoms with Crippen molar-refractivity contribution in [2.45, 2.75) is 20.0 Å². The van der Waals surface area contributed by atoms with Crippen molar-refractivity contribution in [2.24, 2.45) is 5.92 Å². The van der Waals surface area contributed by atoms with Gasteiger partial charge in [-0.15, -0.1) is 0 Å². The highest BCUT2D eigenvalue weighted by atomic mass is 16.5. The molecule has 0 bridgehead atoms. The molecule has 0 spiro atoms. The first kappa shape index (κ1) is 15.6. The van der Waals surface area contributed by atoms with E-state index in [0.717, 1.165) is 25.4 Å². The molecule has 0 aliphatic rings. The van der Waals surface area contributed by atoms with Crippen molar-refractivity contribution in [3.05, 3.63) is 60.7 Å². The number of ether oxygens (including phenoxy) is 1. The average molecular weight is 309 g/mol. The summed E-state index contributed by atoms with van der Waals surface area (Å²) in [7, 11) is 1.72. The Kier molecular flexibility index (Phi) is 4.93. The molecule has 3 aromatic rings. The van der Waals surface area contributed by atoms with Crippen LogP contribution in [-0.4, -0.2) is 23.2 Å². The Bertz CT molecular complexity index is 752. The number of imidazole rings is 1. The molecule has 2 aromatic carbocycles. The van der Waals surface area contributed by atoms with Gasteiger partial charge < -0.3 is 14.6 Å². The Balaban J connectivity index is 1.63. The van der Waals surface area contributed by atoms with Crippen LogP contribution in [0.3, 0.4) is 0 Å². The van der Waals surface area contributed by atoms with Crippen LogP contribution in [0.25, 0.3) is 10.8 Å². The van der Waals surface area contributed by atoms with Crippen LogP contribution >= 0.6 is 0 Å². The molecule has 0 saturated carbocycles. The van der Waals surface area contributed by atoms with Crippen LogP contribution in [0.5, 0.6) is 5.75 Å². The number of fused-ring (bicyclic) bond motifs is 1. The lowest BCUT2D eigenvalue weighted by Gasteiger charge is -2.15. The third kappa shape index (κ3) is 3.71. The Labute approximate surface area is 137 Å². The standard InChI is InChI=1S/C19H23N3O/c1-15(13-22-10-9-20-14-22)11-21-12-16-7-8-19(23-2)18-6-4-3-5-17(16)18/h3-10,14-15,21H,11-13H2,1-2H3. The molecule has 0 amide bonds. The normalized spacial score (nSPS) is 12.4. The molecular weight excluding hydrogens is 286 g/mol. The van der Waals surface area contributed by atoms with E-state index in [2.05, 4.69) is 52.1 Å². The van der Waals surface area contributed by atoms with Crippen molar-refractivity contribution in [1.82, 2.24) is 14.9 Å². The van der Waals surface area contributed by atoms with Crippen molar-refractivity contribution >= 4 is 10.8 Å². The SMILES string of the molecule is COc1ccc(CNCC(C)Cn2ccnc2)c2ccccc12. The lowest BCUT2D eigenvalue weighted by atomic mass is 10.0. The zero-order valence-electron chi connectivity index (χ0n) is 13.7. The third-order valence-electron chi connectivity index (χ3n) is 4.08. The summed E-state index contributed by atoms with van der Waals surface area (Å²) in [6.45, 7) is 5.06. The van der Waals surface area contributed by atoms with E-state index in [9.17, 15) is 0 Å². The highest BCUT2D eigenvalue weighted by Crippen LogP contribution is 2.28. The molecule has 4 heteroatoms. The van der Waals surface area contributed by atoms with Gasteiger partial charge in [0.15, 0.2) is 0 Å². The zero-order chi connectivity index (χ0) is 16.1. The predicted octanol–water partition coefficient (Wildman–Crippen LogP) is 3.47. The molecule has 4 nitrogen and oxygen atoms in total. The van der Waals surface area contributed by atoms with E-state index in [0.29, 0.717) is 5.92 Å². The fourth-order valence-electron chi connectivity index (χ4n) is 2.94. The molecular formula is C19H23N3O. The Morgan fingerprint density at radius 3 is 2.74 bits per heavy atom. The molecule has 0 aliphatic carbocycles. The molecule has 1 aromatic heterocycles. The average Bonchev–Trinajstić information content (AvgIpc) is 3.08. The van der Waals surface area contributed by atoms with E-state index in [1.165, 1.54) is 16.3 Å². The molecule has 3 rings (SSSR count). The van der Waals surface area contributed by atoms with E-state index in [-0.39, 0.29) is 0 Å². The summed E-state index contributed by atoms with van der Waals surface area (Å²) in [4.78, 5) is 4.08. The third-order valence-corrected chi connectivity index (χ3v) is 4.08. The van der Waals surface area contributed by atoms with Gasteiger partial charge in [0.05, 0.1) is 13.4 Å². The van der Waals surface area contributed by atoms with Crippen LogP contribution in [0.15, 0.2) is 55.1 Å². The summed E-state index contributed by atoms with van der Waals surface area (Å²) in [5, 5.41) is 5.99. The number of nitrogens with one attached hydrogen (secondary N) is 1. The quantitative estimate of drug-likeness (QED) is 0.726. The number of aromatic nitrogens is 2. The first-order valence-corrected chi connectivity index (χ1v) is 7.99. The lowest BCUT2D eigenvalue weighted by Crippen LogP contribution is -2.23. The number of benzene rings is 2. The largest absolute Gasteiger partial charge is 0.496 e. The molecule has 1 N–H and O–H groups in total. The molecule has 1 unspecified atom stereocenters. The van der Waals surface area contributed by atoms with Gasteiger partial charge in [-0.05, 0) is 29.5 Å². The maximum absolute atomic E-state index is 5.45. The minimum absolute atomic E-state index is 0.550. The second kappa shape index (κ2) is 7.29. The lowest BCUT2D eigenvalue weighted by molar-refractivity contribution is 0.419. The molecule has 1 heterocycles. The molecule has 1 atom stereocenters.